The normalized spacial score (nSPS) is 12.8. The van der Waals surface area contributed by atoms with Crippen molar-refractivity contribution in [3.63, 3.8) is 0 Å². The molecular weight excluding hydrogens is 338 g/mol. The molecule has 0 saturated heterocycles. The van der Waals surface area contributed by atoms with E-state index in [0.717, 1.165) is 22.1 Å². The van der Waals surface area contributed by atoms with Gasteiger partial charge in [0.2, 0.25) is 0 Å². The third-order valence-electron chi connectivity index (χ3n) is 2.20. The van der Waals surface area contributed by atoms with Crippen molar-refractivity contribution in [3.05, 3.63) is 20.2 Å². The van der Waals surface area contributed by atoms with Crippen molar-refractivity contribution in [1.29, 1.82) is 0 Å². The van der Waals surface area contributed by atoms with E-state index in [1.54, 1.807) is 0 Å². The Morgan fingerprint density at radius 1 is 1.38 bits per heavy atom. The summed E-state index contributed by atoms with van der Waals surface area (Å²) < 4.78 is 6.54. The molecule has 5 heteroatoms. The van der Waals surface area contributed by atoms with Gasteiger partial charge in [0.25, 0.3) is 0 Å². The van der Waals surface area contributed by atoms with Gasteiger partial charge in [0.05, 0.1) is 9.26 Å². The number of hydrogen-bond acceptors (Lipinski definition) is 3. The molecular formula is C11H16ClIN2O. The van der Waals surface area contributed by atoms with Crippen LogP contribution in [0.5, 0.6) is 0 Å². The van der Waals surface area contributed by atoms with Gasteiger partial charge in [0.15, 0.2) is 5.82 Å². The van der Waals surface area contributed by atoms with Crippen LogP contribution in [0.1, 0.15) is 44.3 Å². The van der Waals surface area contributed by atoms with E-state index in [9.17, 15) is 0 Å². The van der Waals surface area contributed by atoms with Gasteiger partial charge in [-0.1, -0.05) is 24.9 Å². The minimum absolute atomic E-state index is 0.0387. The maximum Gasteiger partial charge on any atom is 0.159 e. The molecule has 0 aliphatic rings. The molecule has 0 amide bonds. The van der Waals surface area contributed by atoms with Crippen LogP contribution in [0, 0.1) is 10.5 Å². The molecule has 90 valence electrons. The number of aryl methyl sites for hydroxylation is 1. The first-order valence-electron chi connectivity index (χ1n) is 5.41. The predicted molar refractivity (Wildman–Crippen MR) is 73.8 cm³/mol. The molecule has 0 fully saturated rings. The summed E-state index contributed by atoms with van der Waals surface area (Å²) in [6.45, 7) is 6.70. The van der Waals surface area contributed by atoms with Crippen LogP contribution >= 0.6 is 34.2 Å². The van der Waals surface area contributed by atoms with Crippen LogP contribution in [-0.2, 0) is 4.74 Å². The van der Waals surface area contributed by atoms with Crippen LogP contribution in [-0.4, -0.2) is 16.6 Å². The fourth-order valence-electron chi connectivity index (χ4n) is 1.44. The Labute approximate surface area is 115 Å². The van der Waals surface area contributed by atoms with Crippen molar-refractivity contribution < 1.29 is 4.74 Å². The van der Waals surface area contributed by atoms with Gasteiger partial charge in [-0.2, -0.15) is 0 Å². The van der Waals surface area contributed by atoms with Crippen molar-refractivity contribution in [2.24, 2.45) is 0 Å². The van der Waals surface area contributed by atoms with E-state index < -0.39 is 0 Å². The van der Waals surface area contributed by atoms with Crippen LogP contribution in [0.4, 0.5) is 0 Å². The first kappa shape index (κ1) is 14.1. The van der Waals surface area contributed by atoms with Gasteiger partial charge in [0, 0.05) is 6.61 Å². The third-order valence-corrected chi connectivity index (χ3v) is 4.08. The van der Waals surface area contributed by atoms with E-state index in [2.05, 4.69) is 39.5 Å². The summed E-state index contributed by atoms with van der Waals surface area (Å²) in [5.74, 6) is 0.701. The molecule has 16 heavy (non-hydrogen) atoms. The largest absolute Gasteiger partial charge is 0.371 e. The van der Waals surface area contributed by atoms with Gasteiger partial charge < -0.3 is 4.74 Å². The number of aromatic nitrogens is 2. The highest BCUT2D eigenvalue weighted by atomic mass is 127. The zero-order valence-corrected chi connectivity index (χ0v) is 12.7. The number of nitrogens with zero attached hydrogens (tertiary/aromatic N) is 2. The minimum atomic E-state index is -0.0387. The molecule has 1 aromatic heterocycles. The number of rotatable bonds is 5. The van der Waals surface area contributed by atoms with Gasteiger partial charge in [-0.15, -0.1) is 0 Å². The van der Waals surface area contributed by atoms with Crippen molar-refractivity contribution in [3.8, 4) is 0 Å². The first-order valence-corrected chi connectivity index (χ1v) is 6.86. The lowest BCUT2D eigenvalue weighted by molar-refractivity contribution is 0.0492. The second-order valence-corrected chi connectivity index (χ2v) is 4.94. The van der Waals surface area contributed by atoms with Crippen LogP contribution in [0.25, 0.3) is 0 Å². The lowest BCUT2D eigenvalue weighted by Gasteiger charge is -2.15. The summed E-state index contributed by atoms with van der Waals surface area (Å²) in [6, 6.07) is 0. The molecule has 0 aromatic carbocycles. The van der Waals surface area contributed by atoms with Crippen molar-refractivity contribution >= 4 is 34.2 Å². The molecule has 0 radical (unpaired) electrons. The number of halogens is 2. The predicted octanol–water partition coefficient (Wildman–Crippen LogP) is 3.92. The molecule has 0 aliphatic heterocycles. The fourth-order valence-corrected chi connectivity index (χ4v) is 1.90. The van der Waals surface area contributed by atoms with Crippen LogP contribution in [0.15, 0.2) is 0 Å². The minimum Gasteiger partial charge on any atom is -0.371 e. The molecule has 0 saturated carbocycles. The second kappa shape index (κ2) is 6.71. The average molecular weight is 355 g/mol. The highest BCUT2D eigenvalue weighted by Crippen LogP contribution is 2.24. The summed E-state index contributed by atoms with van der Waals surface area (Å²) in [5, 5.41) is 0.518. The van der Waals surface area contributed by atoms with Crippen LogP contribution in [0.3, 0.4) is 0 Å². The molecule has 1 unspecified atom stereocenters. The van der Waals surface area contributed by atoms with Gasteiger partial charge in [-0.05, 0) is 42.9 Å². The van der Waals surface area contributed by atoms with Crippen LogP contribution in [0.2, 0.25) is 5.15 Å². The summed E-state index contributed by atoms with van der Waals surface area (Å²) >= 11 is 8.20. The smallest absolute Gasteiger partial charge is 0.159 e. The van der Waals surface area contributed by atoms with Gasteiger partial charge in [-0.3, -0.25) is 0 Å². The zero-order chi connectivity index (χ0) is 12.1. The molecule has 0 N–H and O–H groups in total. The summed E-state index contributed by atoms with van der Waals surface area (Å²) in [7, 11) is 0. The van der Waals surface area contributed by atoms with Gasteiger partial charge in [-0.25, -0.2) is 9.97 Å². The lowest BCUT2D eigenvalue weighted by atomic mass is 10.2. The summed E-state index contributed by atoms with van der Waals surface area (Å²) in [5.41, 5.74) is 0.913. The van der Waals surface area contributed by atoms with Crippen LogP contribution < -0.4 is 0 Å². The van der Waals surface area contributed by atoms with Gasteiger partial charge in [0.1, 0.15) is 11.3 Å². The van der Waals surface area contributed by atoms with Crippen molar-refractivity contribution in [1.82, 2.24) is 9.97 Å². The van der Waals surface area contributed by atoms with E-state index in [0.29, 0.717) is 17.6 Å². The molecule has 0 bridgehead atoms. The van der Waals surface area contributed by atoms with E-state index in [1.807, 2.05) is 13.8 Å². The Morgan fingerprint density at radius 2 is 2.06 bits per heavy atom. The Hall–Kier alpha value is 0.0600. The quantitative estimate of drug-likeness (QED) is 0.594. The van der Waals surface area contributed by atoms with Crippen molar-refractivity contribution in [2.45, 2.75) is 39.7 Å². The van der Waals surface area contributed by atoms with E-state index in [1.165, 1.54) is 0 Å². The highest BCUT2D eigenvalue weighted by Gasteiger charge is 2.16. The Balaban J connectivity index is 3.00. The second-order valence-electron chi connectivity index (χ2n) is 3.50. The monoisotopic (exact) mass is 354 g/mol. The standard InChI is InChI=1S/C11H16ClIN2O/c1-4-6-8(16-5-2)11-14-7(3)9(13)10(12)15-11/h8H,4-6H2,1-3H3. The third kappa shape index (κ3) is 3.53. The highest BCUT2D eigenvalue weighted by molar-refractivity contribution is 14.1. The average Bonchev–Trinajstić information content (AvgIpc) is 2.25. The molecule has 1 rings (SSSR count). The summed E-state index contributed by atoms with van der Waals surface area (Å²) in [4.78, 5) is 8.74. The van der Waals surface area contributed by atoms with E-state index in [-0.39, 0.29) is 6.10 Å². The molecule has 0 spiro atoms. The fraction of sp³-hybridized carbons (Fsp3) is 0.636. The molecule has 1 heterocycles. The van der Waals surface area contributed by atoms with E-state index >= 15 is 0 Å². The molecule has 0 aliphatic carbocycles. The van der Waals surface area contributed by atoms with Gasteiger partial charge >= 0.3 is 0 Å². The Kier molecular flexibility index (Phi) is 5.92. The SMILES string of the molecule is CCCC(OCC)c1nc(C)c(I)c(Cl)n1. The van der Waals surface area contributed by atoms with E-state index in [4.69, 9.17) is 16.3 Å². The first-order chi connectivity index (χ1) is 7.60. The maximum atomic E-state index is 6.05. The zero-order valence-electron chi connectivity index (χ0n) is 9.76. The molecule has 3 nitrogen and oxygen atoms in total. The lowest BCUT2D eigenvalue weighted by Crippen LogP contribution is -2.10. The molecule has 1 atom stereocenters. The maximum absolute atomic E-state index is 6.05. The summed E-state index contributed by atoms with van der Waals surface area (Å²) in [6.07, 6.45) is 1.92. The Morgan fingerprint density at radius 3 is 2.56 bits per heavy atom. The van der Waals surface area contributed by atoms with Crippen molar-refractivity contribution in [2.75, 3.05) is 6.61 Å². The number of ether oxygens (including phenoxy) is 1. The number of hydrogen-bond donors (Lipinski definition) is 0. The molecule has 1 aromatic rings. The topological polar surface area (TPSA) is 35.0 Å². The Bertz CT molecular complexity index is 331.